The molecule has 9 heteroatoms. The van der Waals surface area contributed by atoms with Gasteiger partial charge in [0.05, 0.1) is 12.5 Å². The molecule has 0 bridgehead atoms. The third kappa shape index (κ3) is 12.2. The Balaban J connectivity index is 3.28. The second kappa shape index (κ2) is 18.4. The van der Waals surface area contributed by atoms with Crippen LogP contribution >= 0.6 is 0 Å². The summed E-state index contributed by atoms with van der Waals surface area (Å²) in [6.45, 7) is 9.56. The van der Waals surface area contributed by atoms with Gasteiger partial charge in [-0.3, -0.25) is 19.2 Å². The third-order valence-corrected chi connectivity index (χ3v) is 6.67. The Kier molecular flexibility index (Phi) is 16.1. The van der Waals surface area contributed by atoms with Crippen molar-refractivity contribution in [1.82, 2.24) is 0 Å². The second-order valence-corrected chi connectivity index (χ2v) is 10.3. The molecule has 0 aromatic heterocycles. The first-order valence-corrected chi connectivity index (χ1v) is 14.3. The standard InChI is InChI=1S/C30H47NO8/c1-6-9-11-14-25(32)38-23-17-16-22(18-24(23)39-26(33)15-12-10-7-2)27(28(31)29(34)35)21(5)19-37-30(36)20(4)13-8-3/h16-18,20-21,27-28H,6-15,19,31H2,1-5H3,(H,34,35)/t20?,21?,27?,28-/m0/s1. The van der Waals surface area contributed by atoms with Crippen LogP contribution in [0.15, 0.2) is 18.2 Å². The molecule has 1 aromatic carbocycles. The lowest BCUT2D eigenvalue weighted by Gasteiger charge is -2.28. The van der Waals surface area contributed by atoms with Crippen LogP contribution in [-0.4, -0.2) is 41.6 Å². The topological polar surface area (TPSA) is 142 Å². The fourth-order valence-electron chi connectivity index (χ4n) is 4.34. The van der Waals surface area contributed by atoms with E-state index in [1.54, 1.807) is 19.9 Å². The van der Waals surface area contributed by atoms with Crippen LogP contribution in [-0.2, 0) is 23.9 Å². The van der Waals surface area contributed by atoms with Crippen molar-refractivity contribution in [2.24, 2.45) is 17.6 Å². The van der Waals surface area contributed by atoms with Gasteiger partial charge >= 0.3 is 23.9 Å². The summed E-state index contributed by atoms with van der Waals surface area (Å²) in [5, 5.41) is 9.72. The molecule has 0 aliphatic rings. The van der Waals surface area contributed by atoms with E-state index in [2.05, 4.69) is 0 Å². The monoisotopic (exact) mass is 549 g/mol. The molecule has 4 atom stereocenters. The largest absolute Gasteiger partial charge is 0.480 e. The number of carboxylic acid groups (broad SMARTS) is 1. The summed E-state index contributed by atoms with van der Waals surface area (Å²) in [4.78, 5) is 49.2. The van der Waals surface area contributed by atoms with Crippen molar-refractivity contribution in [3.05, 3.63) is 23.8 Å². The molecular weight excluding hydrogens is 502 g/mol. The highest BCUT2D eigenvalue weighted by Gasteiger charge is 2.33. The number of nitrogens with two attached hydrogens (primary N) is 1. The molecule has 220 valence electrons. The van der Waals surface area contributed by atoms with Crippen LogP contribution in [0.4, 0.5) is 0 Å². The number of carbonyl (C=O) groups is 4. The van der Waals surface area contributed by atoms with Gasteiger partial charge in [-0.05, 0) is 42.9 Å². The maximum Gasteiger partial charge on any atom is 0.321 e. The van der Waals surface area contributed by atoms with Crippen LogP contribution in [0.1, 0.15) is 110 Å². The van der Waals surface area contributed by atoms with E-state index in [-0.39, 0.29) is 42.8 Å². The normalized spacial score (nSPS) is 14.1. The highest BCUT2D eigenvalue weighted by atomic mass is 16.6. The summed E-state index contributed by atoms with van der Waals surface area (Å²) < 4.78 is 16.6. The number of esters is 3. The summed E-state index contributed by atoms with van der Waals surface area (Å²) in [5.74, 6) is -3.89. The van der Waals surface area contributed by atoms with Crippen LogP contribution in [0.3, 0.4) is 0 Å². The fraction of sp³-hybridized carbons (Fsp3) is 0.667. The van der Waals surface area contributed by atoms with E-state index >= 15 is 0 Å². The lowest BCUT2D eigenvalue weighted by Crippen LogP contribution is -2.40. The first-order chi connectivity index (χ1) is 18.5. The Labute approximate surface area is 232 Å². The molecule has 0 amide bonds. The van der Waals surface area contributed by atoms with Crippen molar-refractivity contribution in [3.63, 3.8) is 0 Å². The number of unbranched alkanes of at least 4 members (excludes halogenated alkanes) is 4. The maximum absolute atomic E-state index is 12.5. The van der Waals surface area contributed by atoms with Gasteiger partial charge in [0.15, 0.2) is 11.5 Å². The Morgan fingerprint density at radius 2 is 1.41 bits per heavy atom. The average Bonchev–Trinajstić information content (AvgIpc) is 2.89. The molecule has 0 radical (unpaired) electrons. The van der Waals surface area contributed by atoms with E-state index in [1.165, 1.54) is 12.1 Å². The molecule has 0 aliphatic carbocycles. The van der Waals surface area contributed by atoms with Crippen LogP contribution in [0.25, 0.3) is 0 Å². The number of carbonyl (C=O) groups excluding carboxylic acids is 3. The predicted molar refractivity (Wildman–Crippen MR) is 149 cm³/mol. The highest BCUT2D eigenvalue weighted by molar-refractivity contribution is 5.77. The Morgan fingerprint density at radius 3 is 1.92 bits per heavy atom. The molecule has 39 heavy (non-hydrogen) atoms. The lowest BCUT2D eigenvalue weighted by molar-refractivity contribution is -0.150. The van der Waals surface area contributed by atoms with Gasteiger partial charge in [0.2, 0.25) is 0 Å². The van der Waals surface area contributed by atoms with Crippen LogP contribution in [0.2, 0.25) is 0 Å². The second-order valence-electron chi connectivity index (χ2n) is 10.3. The highest BCUT2D eigenvalue weighted by Crippen LogP contribution is 2.36. The number of ether oxygens (including phenoxy) is 3. The SMILES string of the molecule is CCCCCC(=O)Oc1ccc(C(C(C)COC(=O)C(C)CCC)[C@H](N)C(=O)O)cc1OC(=O)CCCCC. The number of carboxylic acids is 1. The average molecular weight is 550 g/mol. The van der Waals surface area contributed by atoms with Crippen LogP contribution in [0, 0.1) is 11.8 Å². The quantitative estimate of drug-likeness (QED) is 0.125. The number of hydrogen-bond donors (Lipinski definition) is 2. The van der Waals surface area contributed by atoms with Crippen molar-refractivity contribution in [3.8, 4) is 11.5 Å². The number of rotatable bonds is 19. The molecular formula is C30H47NO8. The van der Waals surface area contributed by atoms with Crippen LogP contribution < -0.4 is 15.2 Å². The van der Waals surface area contributed by atoms with Gasteiger partial charge < -0.3 is 25.1 Å². The molecule has 1 aromatic rings. The van der Waals surface area contributed by atoms with Crippen molar-refractivity contribution in [1.29, 1.82) is 0 Å². The predicted octanol–water partition coefficient (Wildman–Crippen LogP) is 5.77. The van der Waals surface area contributed by atoms with Crippen molar-refractivity contribution in [2.75, 3.05) is 6.61 Å². The van der Waals surface area contributed by atoms with Crippen molar-refractivity contribution >= 4 is 23.9 Å². The summed E-state index contributed by atoms with van der Waals surface area (Å²) in [6.07, 6.45) is 6.96. The molecule has 0 fully saturated rings. The van der Waals surface area contributed by atoms with Gasteiger partial charge in [-0.1, -0.05) is 72.8 Å². The Morgan fingerprint density at radius 1 is 0.846 bits per heavy atom. The molecule has 0 spiro atoms. The minimum absolute atomic E-state index is 0.0289. The fourth-order valence-corrected chi connectivity index (χ4v) is 4.34. The van der Waals surface area contributed by atoms with Gasteiger partial charge in [0, 0.05) is 18.8 Å². The molecule has 0 aliphatic heterocycles. The van der Waals surface area contributed by atoms with Gasteiger partial charge in [0.25, 0.3) is 0 Å². The molecule has 0 heterocycles. The molecule has 3 N–H and O–H groups in total. The zero-order valence-electron chi connectivity index (χ0n) is 24.2. The Hall–Kier alpha value is -2.94. The summed E-state index contributed by atoms with van der Waals surface area (Å²) in [7, 11) is 0. The number of hydrogen-bond acceptors (Lipinski definition) is 8. The zero-order chi connectivity index (χ0) is 29.4. The van der Waals surface area contributed by atoms with Gasteiger partial charge in [-0.25, -0.2) is 0 Å². The molecule has 0 saturated carbocycles. The maximum atomic E-state index is 12.5. The van der Waals surface area contributed by atoms with Gasteiger partial charge in [0.1, 0.15) is 6.04 Å². The molecule has 0 saturated heterocycles. The molecule has 1 rings (SSSR count). The number of benzene rings is 1. The van der Waals surface area contributed by atoms with E-state index in [0.717, 1.165) is 32.1 Å². The molecule has 9 nitrogen and oxygen atoms in total. The minimum atomic E-state index is -1.32. The van der Waals surface area contributed by atoms with E-state index in [4.69, 9.17) is 19.9 Å². The van der Waals surface area contributed by atoms with Crippen LogP contribution in [0.5, 0.6) is 11.5 Å². The van der Waals surface area contributed by atoms with Gasteiger partial charge in [-0.15, -0.1) is 0 Å². The van der Waals surface area contributed by atoms with Crippen molar-refractivity contribution in [2.45, 2.75) is 111 Å². The zero-order valence-corrected chi connectivity index (χ0v) is 24.2. The minimum Gasteiger partial charge on any atom is -0.480 e. The lowest BCUT2D eigenvalue weighted by atomic mass is 9.82. The summed E-state index contributed by atoms with van der Waals surface area (Å²) >= 11 is 0. The molecule has 3 unspecified atom stereocenters. The van der Waals surface area contributed by atoms with E-state index < -0.39 is 35.8 Å². The smallest absolute Gasteiger partial charge is 0.321 e. The Bertz CT molecular complexity index is 932. The first kappa shape index (κ1) is 34.1. The number of aliphatic carboxylic acids is 1. The van der Waals surface area contributed by atoms with E-state index in [0.29, 0.717) is 24.8 Å². The summed E-state index contributed by atoms with van der Waals surface area (Å²) in [6, 6.07) is 3.28. The van der Waals surface area contributed by atoms with E-state index in [1.807, 2.05) is 20.8 Å². The van der Waals surface area contributed by atoms with Gasteiger partial charge in [-0.2, -0.15) is 0 Å². The third-order valence-electron chi connectivity index (χ3n) is 6.67. The van der Waals surface area contributed by atoms with E-state index in [9.17, 15) is 24.3 Å². The first-order valence-electron chi connectivity index (χ1n) is 14.3. The summed E-state index contributed by atoms with van der Waals surface area (Å²) in [5.41, 5.74) is 6.56. The van der Waals surface area contributed by atoms with Crippen molar-refractivity contribution < 1.29 is 38.5 Å².